The normalized spacial score (nSPS) is 10.8. The van der Waals surface area contributed by atoms with E-state index < -0.39 is 0 Å². The van der Waals surface area contributed by atoms with Crippen LogP contribution in [0.15, 0.2) is 79.3 Å². The molecule has 4 rings (SSSR count). The third-order valence-electron chi connectivity index (χ3n) is 4.39. The Kier molecular flexibility index (Phi) is 5.01. The van der Waals surface area contributed by atoms with Crippen LogP contribution < -0.4 is 10.1 Å². The monoisotopic (exact) mass is 375 g/mol. The first-order chi connectivity index (χ1) is 13.7. The molecule has 0 saturated carbocycles. The zero-order valence-corrected chi connectivity index (χ0v) is 15.0. The minimum Gasteiger partial charge on any atom is -0.489 e. The lowest BCUT2D eigenvalue weighted by Gasteiger charge is -2.09. The van der Waals surface area contributed by atoms with Crippen molar-refractivity contribution in [2.75, 3.05) is 0 Å². The molecule has 0 fully saturated rings. The van der Waals surface area contributed by atoms with Crippen molar-refractivity contribution in [3.8, 4) is 5.75 Å². The Hall–Kier alpha value is -3.67. The lowest BCUT2D eigenvalue weighted by atomic mass is 10.2. The molecule has 2 heterocycles. The van der Waals surface area contributed by atoms with E-state index in [4.69, 9.17) is 4.74 Å². The summed E-state index contributed by atoms with van der Waals surface area (Å²) in [5, 5.41) is 2.90. The number of carbonyl (C=O) groups excluding carboxylic acids is 1. The second kappa shape index (κ2) is 7.92. The Morgan fingerprint density at radius 1 is 1.04 bits per heavy atom. The van der Waals surface area contributed by atoms with Gasteiger partial charge in [-0.05, 0) is 35.9 Å². The molecule has 0 atom stereocenters. The maximum atomic E-state index is 13.6. The van der Waals surface area contributed by atoms with E-state index in [1.807, 2.05) is 24.4 Å². The van der Waals surface area contributed by atoms with Crippen LogP contribution in [-0.2, 0) is 13.2 Å². The second-order valence-corrected chi connectivity index (χ2v) is 6.29. The van der Waals surface area contributed by atoms with Gasteiger partial charge >= 0.3 is 0 Å². The maximum Gasteiger partial charge on any atom is 0.255 e. The molecule has 28 heavy (non-hydrogen) atoms. The highest BCUT2D eigenvalue weighted by atomic mass is 19.1. The van der Waals surface area contributed by atoms with Gasteiger partial charge in [-0.3, -0.25) is 4.79 Å². The fourth-order valence-electron chi connectivity index (χ4n) is 2.88. The van der Waals surface area contributed by atoms with E-state index in [1.54, 1.807) is 53.2 Å². The number of hydrogen-bond donors (Lipinski definition) is 1. The predicted octanol–water partition coefficient (Wildman–Crippen LogP) is 3.98. The number of fused-ring (bicyclic) bond motifs is 1. The number of halogens is 1. The summed E-state index contributed by atoms with van der Waals surface area (Å²) in [6.07, 6.45) is 5.30. The van der Waals surface area contributed by atoms with E-state index in [-0.39, 0.29) is 18.3 Å². The molecule has 0 spiro atoms. The summed E-state index contributed by atoms with van der Waals surface area (Å²) in [4.78, 5) is 16.7. The fourth-order valence-corrected chi connectivity index (χ4v) is 2.88. The van der Waals surface area contributed by atoms with E-state index in [2.05, 4.69) is 10.3 Å². The number of carbonyl (C=O) groups is 1. The first kappa shape index (κ1) is 17.7. The van der Waals surface area contributed by atoms with E-state index in [9.17, 15) is 9.18 Å². The van der Waals surface area contributed by atoms with E-state index in [1.165, 1.54) is 6.07 Å². The zero-order chi connectivity index (χ0) is 19.3. The van der Waals surface area contributed by atoms with Crippen LogP contribution in [-0.4, -0.2) is 15.3 Å². The first-order valence-electron chi connectivity index (χ1n) is 8.86. The average Bonchev–Trinajstić information content (AvgIpc) is 3.21. The topological polar surface area (TPSA) is 55.6 Å². The second-order valence-electron chi connectivity index (χ2n) is 6.29. The lowest BCUT2D eigenvalue weighted by molar-refractivity contribution is 0.0952. The van der Waals surface area contributed by atoms with Gasteiger partial charge in [0, 0.05) is 30.7 Å². The number of imidazole rings is 1. The number of hydrogen-bond acceptors (Lipinski definition) is 3. The highest BCUT2D eigenvalue weighted by Crippen LogP contribution is 2.16. The summed E-state index contributed by atoms with van der Waals surface area (Å²) < 4.78 is 21.0. The molecule has 0 radical (unpaired) electrons. The van der Waals surface area contributed by atoms with Crippen molar-refractivity contribution in [1.82, 2.24) is 14.7 Å². The van der Waals surface area contributed by atoms with Crippen LogP contribution in [0.25, 0.3) is 5.65 Å². The number of nitrogens with zero attached hydrogens (tertiary/aromatic N) is 2. The maximum absolute atomic E-state index is 13.6. The third kappa shape index (κ3) is 3.86. The number of ether oxygens (including phenoxy) is 1. The third-order valence-corrected chi connectivity index (χ3v) is 4.39. The molecule has 4 aromatic rings. The average molecular weight is 375 g/mol. The molecule has 0 saturated heterocycles. The van der Waals surface area contributed by atoms with Gasteiger partial charge in [-0.25, -0.2) is 9.37 Å². The van der Waals surface area contributed by atoms with Gasteiger partial charge in [0.25, 0.3) is 5.91 Å². The van der Waals surface area contributed by atoms with Gasteiger partial charge in [0.2, 0.25) is 0 Å². The molecule has 140 valence electrons. The van der Waals surface area contributed by atoms with Crippen molar-refractivity contribution in [3.63, 3.8) is 0 Å². The van der Waals surface area contributed by atoms with Gasteiger partial charge in [-0.2, -0.15) is 0 Å². The lowest BCUT2D eigenvalue weighted by Crippen LogP contribution is -2.23. The van der Waals surface area contributed by atoms with Gasteiger partial charge in [-0.1, -0.05) is 30.3 Å². The summed E-state index contributed by atoms with van der Waals surface area (Å²) in [5.74, 6) is 0.173. The Balaban J connectivity index is 1.35. The van der Waals surface area contributed by atoms with Crippen LogP contribution >= 0.6 is 0 Å². The minimum absolute atomic E-state index is 0.164. The van der Waals surface area contributed by atoms with Crippen molar-refractivity contribution in [3.05, 3.63) is 102 Å². The summed E-state index contributed by atoms with van der Waals surface area (Å²) in [5.41, 5.74) is 2.59. The van der Waals surface area contributed by atoms with Crippen molar-refractivity contribution >= 4 is 11.6 Å². The van der Waals surface area contributed by atoms with Crippen molar-refractivity contribution < 1.29 is 13.9 Å². The summed E-state index contributed by atoms with van der Waals surface area (Å²) in [6.45, 7) is 0.547. The molecule has 6 heteroatoms. The molecule has 0 bridgehead atoms. The van der Waals surface area contributed by atoms with Gasteiger partial charge in [0.15, 0.2) is 0 Å². The number of aromatic nitrogens is 2. The molecule has 0 aliphatic carbocycles. The highest BCUT2D eigenvalue weighted by Gasteiger charge is 2.11. The zero-order valence-electron chi connectivity index (χ0n) is 15.0. The summed E-state index contributed by atoms with van der Waals surface area (Å²) in [7, 11) is 0. The number of nitrogens with one attached hydrogen (secondary N) is 1. The molecule has 0 unspecified atom stereocenters. The quantitative estimate of drug-likeness (QED) is 0.555. The molecule has 2 aromatic carbocycles. The highest BCUT2D eigenvalue weighted by molar-refractivity contribution is 5.99. The van der Waals surface area contributed by atoms with E-state index >= 15 is 0 Å². The largest absolute Gasteiger partial charge is 0.489 e. The van der Waals surface area contributed by atoms with Crippen molar-refractivity contribution in [2.45, 2.75) is 13.2 Å². The molecule has 1 N–H and O–H groups in total. The fraction of sp³-hybridized carbons (Fsp3) is 0.0909. The number of pyridine rings is 1. The molecule has 5 nitrogen and oxygen atoms in total. The van der Waals surface area contributed by atoms with E-state index in [0.29, 0.717) is 29.1 Å². The number of rotatable bonds is 6. The number of benzene rings is 2. The van der Waals surface area contributed by atoms with Crippen LogP contribution in [0, 0.1) is 5.82 Å². The van der Waals surface area contributed by atoms with Gasteiger partial charge < -0.3 is 14.5 Å². The molecular formula is C22H18FN3O2. The molecule has 1 amide bonds. The van der Waals surface area contributed by atoms with Crippen molar-refractivity contribution in [2.24, 2.45) is 0 Å². The van der Waals surface area contributed by atoms with Gasteiger partial charge in [-0.15, -0.1) is 0 Å². The molecule has 0 aliphatic heterocycles. The standard InChI is InChI=1S/C22H18FN3O2/c23-20-6-2-1-4-17(20)15-28-18-9-7-16(8-10-18)14-25-22(27)19-5-3-12-26-13-11-24-21(19)26/h1-13H,14-15H2,(H,25,27). The predicted molar refractivity (Wildman–Crippen MR) is 104 cm³/mol. The molecule has 2 aromatic heterocycles. The van der Waals surface area contributed by atoms with Crippen LogP contribution in [0.5, 0.6) is 5.75 Å². The van der Waals surface area contributed by atoms with Crippen LogP contribution in [0.1, 0.15) is 21.5 Å². The smallest absolute Gasteiger partial charge is 0.255 e. The Morgan fingerprint density at radius 3 is 2.68 bits per heavy atom. The SMILES string of the molecule is O=C(NCc1ccc(OCc2ccccc2F)cc1)c1cccn2ccnc12. The Labute approximate surface area is 161 Å². The Morgan fingerprint density at radius 2 is 1.86 bits per heavy atom. The van der Waals surface area contributed by atoms with Gasteiger partial charge in [0.05, 0.1) is 5.56 Å². The van der Waals surface area contributed by atoms with Crippen molar-refractivity contribution in [1.29, 1.82) is 0 Å². The first-order valence-corrected chi connectivity index (χ1v) is 8.86. The van der Waals surface area contributed by atoms with Crippen LogP contribution in [0.3, 0.4) is 0 Å². The van der Waals surface area contributed by atoms with Crippen LogP contribution in [0.4, 0.5) is 4.39 Å². The molecule has 0 aliphatic rings. The summed E-state index contributed by atoms with van der Waals surface area (Å²) in [6, 6.07) is 17.4. The van der Waals surface area contributed by atoms with Gasteiger partial charge in [0.1, 0.15) is 23.8 Å². The Bertz CT molecular complexity index is 1110. The molecular weight excluding hydrogens is 357 g/mol. The van der Waals surface area contributed by atoms with Crippen LogP contribution in [0.2, 0.25) is 0 Å². The van der Waals surface area contributed by atoms with E-state index in [0.717, 1.165) is 5.56 Å². The minimum atomic E-state index is -0.283. The number of amides is 1. The summed E-state index contributed by atoms with van der Waals surface area (Å²) >= 11 is 0.